The van der Waals surface area contributed by atoms with Crippen molar-refractivity contribution in [3.63, 3.8) is 0 Å². The minimum Gasteiger partial charge on any atom is -0.486 e. The van der Waals surface area contributed by atoms with Crippen LogP contribution in [0.1, 0.15) is 35.2 Å². The molecule has 10 heteroatoms. The van der Waals surface area contributed by atoms with Gasteiger partial charge in [-0.15, -0.1) is 10.2 Å². The normalized spacial score (nSPS) is 16.8. The molecule has 0 spiro atoms. The summed E-state index contributed by atoms with van der Waals surface area (Å²) < 4.78 is 32.5. The fraction of sp³-hybridized carbons (Fsp3) is 0.471. The van der Waals surface area contributed by atoms with Gasteiger partial charge in [0, 0.05) is 19.0 Å². The minimum absolute atomic E-state index is 0.158. The number of rotatable bonds is 5. The second-order valence-electron chi connectivity index (χ2n) is 6.74. The van der Waals surface area contributed by atoms with E-state index in [9.17, 15) is 8.42 Å². The molecule has 4 rings (SSSR count). The van der Waals surface area contributed by atoms with Crippen LogP contribution in [-0.2, 0) is 16.6 Å². The Morgan fingerprint density at radius 1 is 1.22 bits per heavy atom. The predicted molar refractivity (Wildman–Crippen MR) is 103 cm³/mol. The second-order valence-corrected chi connectivity index (χ2v) is 9.76. The van der Waals surface area contributed by atoms with E-state index in [-0.39, 0.29) is 5.92 Å². The Balaban J connectivity index is 1.47. The van der Waals surface area contributed by atoms with Crippen LogP contribution in [0.2, 0.25) is 0 Å². The summed E-state index contributed by atoms with van der Waals surface area (Å²) in [5.74, 6) is 1.80. The summed E-state index contributed by atoms with van der Waals surface area (Å²) in [4.78, 5) is 0.735. The molecule has 3 heterocycles. The third-order valence-electron chi connectivity index (χ3n) is 4.79. The van der Waals surface area contributed by atoms with E-state index in [1.54, 1.807) is 4.52 Å². The van der Waals surface area contributed by atoms with Crippen molar-refractivity contribution in [1.82, 2.24) is 24.1 Å². The van der Waals surface area contributed by atoms with Crippen LogP contribution in [0.15, 0.2) is 24.3 Å². The lowest BCUT2D eigenvalue weighted by molar-refractivity contribution is 0.300. The van der Waals surface area contributed by atoms with Gasteiger partial charge in [-0.05, 0) is 31.4 Å². The van der Waals surface area contributed by atoms with Crippen molar-refractivity contribution < 1.29 is 13.2 Å². The summed E-state index contributed by atoms with van der Waals surface area (Å²) in [5, 5.41) is 14.0. The average molecular weight is 408 g/mol. The van der Waals surface area contributed by atoms with E-state index in [0.29, 0.717) is 19.7 Å². The summed E-state index contributed by atoms with van der Waals surface area (Å²) in [6, 6.07) is 7.88. The lowest BCUT2D eigenvalue weighted by Crippen LogP contribution is -2.37. The van der Waals surface area contributed by atoms with Gasteiger partial charge < -0.3 is 4.74 Å². The molecular formula is C17H21N5O3S2. The van der Waals surface area contributed by atoms with Gasteiger partial charge in [-0.25, -0.2) is 12.7 Å². The highest BCUT2D eigenvalue weighted by atomic mass is 32.2. The minimum atomic E-state index is -3.13. The van der Waals surface area contributed by atoms with Gasteiger partial charge in [0.25, 0.3) is 0 Å². The highest BCUT2D eigenvalue weighted by Gasteiger charge is 2.29. The second kappa shape index (κ2) is 7.17. The molecule has 1 saturated heterocycles. The fourth-order valence-electron chi connectivity index (χ4n) is 3.29. The number of para-hydroxylation sites is 1. The zero-order valence-electron chi connectivity index (χ0n) is 15.2. The number of ether oxygens (including phenoxy) is 1. The number of fused-ring (bicyclic) bond motifs is 1. The molecule has 27 heavy (non-hydrogen) atoms. The third kappa shape index (κ3) is 3.83. The lowest BCUT2D eigenvalue weighted by Gasteiger charge is -2.28. The zero-order chi connectivity index (χ0) is 19.0. The van der Waals surface area contributed by atoms with Crippen molar-refractivity contribution in [1.29, 1.82) is 0 Å². The van der Waals surface area contributed by atoms with Crippen LogP contribution in [0.4, 0.5) is 0 Å². The molecule has 1 aromatic carbocycles. The van der Waals surface area contributed by atoms with Crippen LogP contribution in [0, 0.1) is 6.92 Å². The standard InChI is InChI=1S/C17H21N5O3S2/c1-12-5-3-4-6-14(12)25-11-15-20-22-16(18-19-17(22)26-15)13-7-9-21(10-8-13)27(2,23)24/h3-6,13H,7-11H2,1-2H3. The monoisotopic (exact) mass is 407 g/mol. The van der Waals surface area contributed by atoms with Crippen molar-refractivity contribution >= 4 is 26.3 Å². The SMILES string of the molecule is Cc1ccccc1OCc1nn2c(C3CCN(S(C)(=O)=O)CC3)nnc2s1. The van der Waals surface area contributed by atoms with Gasteiger partial charge in [0.05, 0.1) is 6.26 Å². The number of sulfonamides is 1. The number of aromatic nitrogens is 4. The predicted octanol–water partition coefficient (Wildman–Crippen LogP) is 2.21. The average Bonchev–Trinajstić information content (AvgIpc) is 3.20. The summed E-state index contributed by atoms with van der Waals surface area (Å²) in [7, 11) is -3.13. The molecule has 1 aliphatic heterocycles. The quantitative estimate of drug-likeness (QED) is 0.644. The molecule has 0 N–H and O–H groups in total. The van der Waals surface area contributed by atoms with Gasteiger partial charge in [0.1, 0.15) is 12.4 Å². The summed E-state index contributed by atoms with van der Waals surface area (Å²) >= 11 is 1.46. The first-order valence-electron chi connectivity index (χ1n) is 8.76. The molecule has 0 saturated carbocycles. The van der Waals surface area contributed by atoms with Crippen LogP contribution in [0.3, 0.4) is 0 Å². The maximum atomic E-state index is 11.7. The molecule has 0 bridgehead atoms. The first kappa shape index (κ1) is 18.3. The van der Waals surface area contributed by atoms with Gasteiger partial charge in [-0.2, -0.15) is 9.61 Å². The van der Waals surface area contributed by atoms with Crippen LogP contribution in [-0.4, -0.2) is 51.9 Å². The van der Waals surface area contributed by atoms with Crippen molar-refractivity contribution in [2.45, 2.75) is 32.3 Å². The lowest BCUT2D eigenvalue weighted by atomic mass is 9.97. The summed E-state index contributed by atoms with van der Waals surface area (Å²) in [6.45, 7) is 3.40. The zero-order valence-corrected chi connectivity index (χ0v) is 16.8. The molecule has 0 atom stereocenters. The third-order valence-corrected chi connectivity index (χ3v) is 6.97. The molecule has 1 fully saturated rings. The molecule has 8 nitrogen and oxygen atoms in total. The number of nitrogens with zero attached hydrogens (tertiary/aromatic N) is 5. The Bertz CT molecular complexity index is 1050. The smallest absolute Gasteiger partial charge is 0.234 e. The number of piperidine rings is 1. The molecule has 0 amide bonds. The maximum absolute atomic E-state index is 11.7. The van der Waals surface area contributed by atoms with Crippen molar-refractivity contribution in [2.75, 3.05) is 19.3 Å². The molecule has 3 aromatic rings. The summed E-state index contributed by atoms with van der Waals surface area (Å²) in [5.41, 5.74) is 1.08. The highest BCUT2D eigenvalue weighted by molar-refractivity contribution is 7.88. The topological polar surface area (TPSA) is 89.7 Å². The fourth-order valence-corrected chi connectivity index (χ4v) is 4.92. The van der Waals surface area contributed by atoms with E-state index in [0.717, 1.165) is 39.9 Å². The van der Waals surface area contributed by atoms with Crippen LogP contribution in [0.5, 0.6) is 5.75 Å². The van der Waals surface area contributed by atoms with E-state index in [4.69, 9.17) is 4.74 Å². The van der Waals surface area contributed by atoms with E-state index < -0.39 is 10.0 Å². The van der Waals surface area contributed by atoms with E-state index in [1.807, 2.05) is 31.2 Å². The molecule has 2 aromatic heterocycles. The number of hydrogen-bond acceptors (Lipinski definition) is 7. The van der Waals surface area contributed by atoms with Gasteiger partial charge in [0.2, 0.25) is 15.0 Å². The molecular weight excluding hydrogens is 386 g/mol. The van der Waals surface area contributed by atoms with Crippen LogP contribution in [0.25, 0.3) is 4.96 Å². The Labute approximate surface area is 161 Å². The Morgan fingerprint density at radius 3 is 2.67 bits per heavy atom. The van der Waals surface area contributed by atoms with E-state index >= 15 is 0 Å². The van der Waals surface area contributed by atoms with Gasteiger partial charge >= 0.3 is 0 Å². The Hall–Kier alpha value is -2.04. The molecule has 0 aliphatic carbocycles. The number of aryl methyl sites for hydroxylation is 1. The Morgan fingerprint density at radius 2 is 1.96 bits per heavy atom. The van der Waals surface area contributed by atoms with Crippen molar-refractivity contribution in [3.8, 4) is 5.75 Å². The Kier molecular flexibility index (Phi) is 4.87. The highest BCUT2D eigenvalue weighted by Crippen LogP contribution is 2.29. The molecule has 0 unspecified atom stereocenters. The van der Waals surface area contributed by atoms with Gasteiger partial charge in [-0.3, -0.25) is 0 Å². The number of benzene rings is 1. The first-order chi connectivity index (χ1) is 12.9. The van der Waals surface area contributed by atoms with Crippen molar-refractivity contribution in [2.24, 2.45) is 0 Å². The van der Waals surface area contributed by atoms with E-state index in [1.165, 1.54) is 21.9 Å². The van der Waals surface area contributed by atoms with Gasteiger partial charge in [0.15, 0.2) is 10.8 Å². The first-order valence-corrected chi connectivity index (χ1v) is 11.4. The molecule has 0 radical (unpaired) electrons. The largest absolute Gasteiger partial charge is 0.486 e. The molecule has 1 aliphatic rings. The number of hydrogen-bond donors (Lipinski definition) is 0. The summed E-state index contributed by atoms with van der Waals surface area (Å²) in [6.07, 6.45) is 2.70. The molecule has 144 valence electrons. The van der Waals surface area contributed by atoms with E-state index in [2.05, 4.69) is 15.3 Å². The maximum Gasteiger partial charge on any atom is 0.234 e. The van der Waals surface area contributed by atoms with Gasteiger partial charge in [-0.1, -0.05) is 29.5 Å². The van der Waals surface area contributed by atoms with Crippen LogP contribution >= 0.6 is 11.3 Å². The van der Waals surface area contributed by atoms with Crippen molar-refractivity contribution in [3.05, 3.63) is 40.7 Å². The van der Waals surface area contributed by atoms with Crippen LogP contribution < -0.4 is 4.74 Å².